The predicted octanol–water partition coefficient (Wildman–Crippen LogP) is 8.70. The van der Waals surface area contributed by atoms with Crippen molar-refractivity contribution >= 4 is 12.6 Å². The largest absolute Gasteiger partial charge is 0.303 e. The molecule has 0 amide bonds. The van der Waals surface area contributed by atoms with Gasteiger partial charge in [-0.3, -0.25) is 0 Å². The summed E-state index contributed by atoms with van der Waals surface area (Å²) in [5.74, 6) is 0.683. The van der Waals surface area contributed by atoms with Crippen LogP contribution in [0.5, 0.6) is 0 Å². The first-order chi connectivity index (χ1) is 13.7. The molecule has 0 spiro atoms. The molecule has 0 aliphatic carbocycles. The Morgan fingerprint density at radius 1 is 0.429 bits per heavy atom. The zero-order valence-electron chi connectivity index (χ0n) is 19.9. The molecule has 0 aromatic carbocycles. The molecule has 0 aliphatic heterocycles. The maximum Gasteiger partial charge on any atom is 0.123 e. The number of hydrogen-bond donors (Lipinski definition) is 0. The van der Waals surface area contributed by atoms with Gasteiger partial charge in [-0.2, -0.15) is 0 Å². The van der Waals surface area contributed by atoms with E-state index in [-0.39, 0.29) is 0 Å². The third kappa shape index (κ3) is 23.4. The maximum absolute atomic E-state index is 10.7. The Kier molecular flexibility index (Phi) is 27.8. The molecular weight excluding hydrogens is 344 g/mol. The normalized spacial score (nSPS) is 12.7. The highest BCUT2D eigenvalue weighted by atomic mass is 16.1. The first kappa shape index (κ1) is 29.5. The van der Waals surface area contributed by atoms with Crippen LogP contribution in [-0.2, 0) is 9.59 Å². The van der Waals surface area contributed by atoms with Gasteiger partial charge in [0.05, 0.1) is 0 Å². The van der Waals surface area contributed by atoms with Crippen molar-refractivity contribution < 1.29 is 9.59 Å². The summed E-state index contributed by atoms with van der Waals surface area (Å²) in [6, 6.07) is 0. The lowest BCUT2D eigenvalue weighted by Gasteiger charge is -2.08. The minimum absolute atomic E-state index is 0.339. The second-order valence-corrected chi connectivity index (χ2v) is 8.48. The van der Waals surface area contributed by atoms with Gasteiger partial charge in [-0.25, -0.2) is 0 Å². The summed E-state index contributed by atoms with van der Waals surface area (Å²) in [5.41, 5.74) is 0. The van der Waals surface area contributed by atoms with Crippen LogP contribution in [0.3, 0.4) is 0 Å². The highest BCUT2D eigenvalue weighted by Gasteiger charge is 2.06. The Balaban J connectivity index is 0. The second-order valence-electron chi connectivity index (χ2n) is 8.48. The van der Waals surface area contributed by atoms with Crippen molar-refractivity contribution in [1.29, 1.82) is 0 Å². The Morgan fingerprint density at radius 3 is 1.18 bits per heavy atom. The average Bonchev–Trinajstić information content (AvgIpc) is 2.72. The summed E-state index contributed by atoms with van der Waals surface area (Å²) in [6.45, 7) is 8.81. The zero-order valence-corrected chi connectivity index (χ0v) is 19.9. The van der Waals surface area contributed by atoms with Gasteiger partial charge in [0.2, 0.25) is 0 Å². The number of rotatable bonds is 20. The SMILES string of the molecule is CCCCCCCC(C=O)CCCC.CCCCCCCCC(C=O)CCC. The lowest BCUT2D eigenvalue weighted by atomic mass is 9.96. The van der Waals surface area contributed by atoms with Gasteiger partial charge in [-0.15, -0.1) is 0 Å². The van der Waals surface area contributed by atoms with E-state index < -0.39 is 0 Å². The summed E-state index contributed by atoms with van der Waals surface area (Å²) in [7, 11) is 0. The van der Waals surface area contributed by atoms with Crippen molar-refractivity contribution in [3.8, 4) is 0 Å². The van der Waals surface area contributed by atoms with Gasteiger partial charge in [-0.05, 0) is 25.7 Å². The lowest BCUT2D eigenvalue weighted by molar-refractivity contribution is -0.112. The van der Waals surface area contributed by atoms with Gasteiger partial charge >= 0.3 is 0 Å². The van der Waals surface area contributed by atoms with Gasteiger partial charge in [0.25, 0.3) is 0 Å². The van der Waals surface area contributed by atoms with Crippen LogP contribution in [0.4, 0.5) is 0 Å². The summed E-state index contributed by atoms with van der Waals surface area (Å²) in [5, 5.41) is 0. The van der Waals surface area contributed by atoms with E-state index >= 15 is 0 Å². The molecule has 0 heterocycles. The zero-order chi connectivity index (χ0) is 21.3. The monoisotopic (exact) mass is 396 g/mol. The number of aldehydes is 2. The fraction of sp³-hybridized carbons (Fsp3) is 0.923. The molecule has 2 nitrogen and oxygen atoms in total. The van der Waals surface area contributed by atoms with E-state index in [9.17, 15) is 9.59 Å². The molecule has 0 saturated carbocycles. The predicted molar refractivity (Wildman–Crippen MR) is 125 cm³/mol. The minimum atomic E-state index is 0.339. The van der Waals surface area contributed by atoms with Crippen LogP contribution in [0.25, 0.3) is 0 Å². The Bertz CT molecular complexity index is 301. The highest BCUT2D eigenvalue weighted by Crippen LogP contribution is 2.16. The molecule has 0 bridgehead atoms. The maximum atomic E-state index is 10.7. The molecule has 0 saturated heterocycles. The van der Waals surface area contributed by atoms with Crippen molar-refractivity contribution in [1.82, 2.24) is 0 Å². The van der Waals surface area contributed by atoms with Crippen LogP contribution in [0.1, 0.15) is 143 Å². The van der Waals surface area contributed by atoms with Crippen molar-refractivity contribution in [2.75, 3.05) is 0 Å². The molecule has 0 aromatic heterocycles. The van der Waals surface area contributed by atoms with Crippen molar-refractivity contribution in [3.63, 3.8) is 0 Å². The van der Waals surface area contributed by atoms with E-state index in [0.29, 0.717) is 11.8 Å². The Morgan fingerprint density at radius 2 is 0.786 bits per heavy atom. The van der Waals surface area contributed by atoms with Crippen molar-refractivity contribution in [3.05, 3.63) is 0 Å². The summed E-state index contributed by atoms with van der Waals surface area (Å²) >= 11 is 0. The molecule has 2 heteroatoms. The molecule has 168 valence electrons. The Hall–Kier alpha value is -0.660. The summed E-state index contributed by atoms with van der Waals surface area (Å²) < 4.78 is 0. The molecule has 0 N–H and O–H groups in total. The van der Waals surface area contributed by atoms with Gasteiger partial charge in [0, 0.05) is 11.8 Å². The topological polar surface area (TPSA) is 34.1 Å². The number of hydrogen-bond acceptors (Lipinski definition) is 2. The fourth-order valence-corrected chi connectivity index (χ4v) is 3.59. The molecule has 2 unspecified atom stereocenters. The third-order valence-electron chi connectivity index (χ3n) is 5.58. The van der Waals surface area contributed by atoms with Crippen molar-refractivity contribution in [2.24, 2.45) is 11.8 Å². The summed E-state index contributed by atoms with van der Waals surface area (Å²) in [6.07, 6.45) is 24.8. The molecule has 28 heavy (non-hydrogen) atoms. The molecule has 0 aromatic rings. The van der Waals surface area contributed by atoms with E-state index in [1.807, 2.05) is 0 Å². The molecule has 0 rings (SSSR count). The second kappa shape index (κ2) is 26.3. The van der Waals surface area contributed by atoms with Crippen LogP contribution in [0.2, 0.25) is 0 Å². The molecule has 2 atom stereocenters. The fourth-order valence-electron chi connectivity index (χ4n) is 3.59. The minimum Gasteiger partial charge on any atom is -0.303 e. The van der Waals surface area contributed by atoms with Gasteiger partial charge in [0.1, 0.15) is 12.6 Å². The first-order valence-corrected chi connectivity index (χ1v) is 12.6. The third-order valence-corrected chi connectivity index (χ3v) is 5.58. The molecule has 0 aliphatic rings. The highest BCUT2D eigenvalue weighted by molar-refractivity contribution is 5.53. The first-order valence-electron chi connectivity index (χ1n) is 12.6. The van der Waals surface area contributed by atoms with E-state index in [0.717, 1.165) is 44.7 Å². The quantitative estimate of drug-likeness (QED) is 0.152. The molecule has 0 radical (unpaired) electrons. The van der Waals surface area contributed by atoms with Gasteiger partial charge in [-0.1, -0.05) is 118 Å². The average molecular weight is 397 g/mol. The van der Waals surface area contributed by atoms with E-state index in [2.05, 4.69) is 27.7 Å². The smallest absolute Gasteiger partial charge is 0.123 e. The van der Waals surface area contributed by atoms with Gasteiger partial charge in [0.15, 0.2) is 0 Å². The number of carbonyl (C=O) groups is 2. The van der Waals surface area contributed by atoms with Crippen LogP contribution in [0.15, 0.2) is 0 Å². The van der Waals surface area contributed by atoms with E-state index in [1.54, 1.807) is 0 Å². The van der Waals surface area contributed by atoms with Gasteiger partial charge < -0.3 is 9.59 Å². The molecular formula is C26H52O2. The van der Waals surface area contributed by atoms with Crippen LogP contribution in [0, 0.1) is 11.8 Å². The number of carbonyl (C=O) groups excluding carboxylic acids is 2. The van der Waals surface area contributed by atoms with Crippen LogP contribution >= 0.6 is 0 Å². The summed E-state index contributed by atoms with van der Waals surface area (Å²) in [4.78, 5) is 21.4. The van der Waals surface area contributed by atoms with Crippen molar-refractivity contribution in [2.45, 2.75) is 143 Å². The standard InChI is InChI=1S/2C13H26O/c1-3-5-6-7-8-9-11-13(12-14)10-4-2;1-3-5-7-8-9-11-13(12-14)10-6-4-2/h2*12-13H,3-11H2,1-2H3. The van der Waals surface area contributed by atoms with Crippen LogP contribution < -0.4 is 0 Å². The van der Waals surface area contributed by atoms with E-state index in [4.69, 9.17) is 0 Å². The van der Waals surface area contributed by atoms with E-state index in [1.165, 1.54) is 83.5 Å². The number of unbranched alkanes of at least 4 members (excludes halogenated alkanes) is 10. The van der Waals surface area contributed by atoms with Crippen LogP contribution in [-0.4, -0.2) is 12.6 Å². The Labute approximate surface area is 177 Å². The lowest BCUT2D eigenvalue weighted by Crippen LogP contribution is -2.01. The molecule has 0 fully saturated rings.